The van der Waals surface area contributed by atoms with Crippen LogP contribution in [0.3, 0.4) is 0 Å². The van der Waals surface area contributed by atoms with Gasteiger partial charge in [-0.25, -0.2) is 0 Å². The average molecular weight is 370 g/mol. The molecule has 3 aromatic rings. The molecule has 1 aromatic heterocycles. The van der Waals surface area contributed by atoms with E-state index in [0.717, 1.165) is 28.0 Å². The largest absolute Gasteiger partial charge is 0.494 e. The van der Waals surface area contributed by atoms with E-state index in [-0.39, 0.29) is 5.69 Å². The van der Waals surface area contributed by atoms with Crippen LogP contribution in [0.2, 0.25) is 0 Å². The molecule has 3 rings (SSSR count). The van der Waals surface area contributed by atoms with E-state index >= 15 is 0 Å². The standard InChI is InChI=1S/C18H18N4O3S/c1-3-25-17-10-8-15(9-11-17)21-13(2)19-20-18(21)26-12-14-4-6-16(7-5-14)22(23)24/h4-11H,3,12H2,1-2H3. The van der Waals surface area contributed by atoms with E-state index in [2.05, 4.69) is 10.2 Å². The van der Waals surface area contributed by atoms with Crippen LogP contribution in [0.4, 0.5) is 5.69 Å². The van der Waals surface area contributed by atoms with Gasteiger partial charge in [-0.1, -0.05) is 23.9 Å². The van der Waals surface area contributed by atoms with Crippen LogP contribution < -0.4 is 4.74 Å². The molecule has 26 heavy (non-hydrogen) atoms. The van der Waals surface area contributed by atoms with Gasteiger partial charge in [0.25, 0.3) is 5.69 Å². The lowest BCUT2D eigenvalue weighted by atomic mass is 10.2. The minimum atomic E-state index is -0.400. The van der Waals surface area contributed by atoms with Gasteiger partial charge in [0, 0.05) is 23.6 Å². The third-order valence-electron chi connectivity index (χ3n) is 3.72. The molecule has 0 saturated heterocycles. The number of hydrogen-bond acceptors (Lipinski definition) is 6. The minimum absolute atomic E-state index is 0.0900. The minimum Gasteiger partial charge on any atom is -0.494 e. The molecule has 0 aliphatic carbocycles. The first-order valence-electron chi connectivity index (χ1n) is 8.10. The zero-order valence-corrected chi connectivity index (χ0v) is 15.3. The molecule has 0 fully saturated rings. The van der Waals surface area contributed by atoms with Crippen molar-refractivity contribution < 1.29 is 9.66 Å². The third kappa shape index (κ3) is 4.02. The molecule has 1 heterocycles. The van der Waals surface area contributed by atoms with Crippen LogP contribution in [0, 0.1) is 17.0 Å². The van der Waals surface area contributed by atoms with Gasteiger partial charge < -0.3 is 4.74 Å². The van der Waals surface area contributed by atoms with Crippen LogP contribution >= 0.6 is 11.8 Å². The molecule has 0 spiro atoms. The molecule has 0 unspecified atom stereocenters. The van der Waals surface area contributed by atoms with Crippen molar-refractivity contribution in [1.82, 2.24) is 14.8 Å². The Balaban J connectivity index is 1.76. The van der Waals surface area contributed by atoms with E-state index in [1.54, 1.807) is 12.1 Å². The van der Waals surface area contributed by atoms with Gasteiger partial charge in [0.05, 0.1) is 11.5 Å². The number of nitro benzene ring substituents is 1. The normalized spacial score (nSPS) is 10.7. The Kier molecular flexibility index (Phi) is 5.52. The van der Waals surface area contributed by atoms with E-state index in [0.29, 0.717) is 12.4 Å². The molecule has 2 aromatic carbocycles. The topological polar surface area (TPSA) is 83.1 Å². The Morgan fingerprint density at radius 3 is 2.42 bits per heavy atom. The summed E-state index contributed by atoms with van der Waals surface area (Å²) in [6.45, 7) is 4.48. The molecular formula is C18H18N4O3S. The van der Waals surface area contributed by atoms with Crippen LogP contribution in [0.25, 0.3) is 5.69 Å². The van der Waals surface area contributed by atoms with E-state index in [1.165, 1.54) is 23.9 Å². The molecule has 7 nitrogen and oxygen atoms in total. The molecule has 0 amide bonds. The Morgan fingerprint density at radius 1 is 1.12 bits per heavy atom. The summed E-state index contributed by atoms with van der Waals surface area (Å²) in [5.41, 5.74) is 2.04. The van der Waals surface area contributed by atoms with Crippen LogP contribution in [0.1, 0.15) is 18.3 Å². The highest BCUT2D eigenvalue weighted by atomic mass is 32.2. The highest BCUT2D eigenvalue weighted by molar-refractivity contribution is 7.98. The number of hydrogen-bond donors (Lipinski definition) is 0. The first kappa shape index (κ1) is 17.9. The summed E-state index contributed by atoms with van der Waals surface area (Å²) in [6.07, 6.45) is 0. The molecule has 0 saturated carbocycles. The summed E-state index contributed by atoms with van der Waals surface area (Å²) in [5.74, 6) is 2.26. The van der Waals surface area contributed by atoms with Crippen LogP contribution in [0.5, 0.6) is 5.75 Å². The fourth-order valence-corrected chi connectivity index (χ4v) is 3.41. The van der Waals surface area contributed by atoms with Crippen molar-refractivity contribution >= 4 is 17.4 Å². The number of ether oxygens (including phenoxy) is 1. The van der Waals surface area contributed by atoms with Crippen LogP contribution in [-0.2, 0) is 5.75 Å². The van der Waals surface area contributed by atoms with Crippen molar-refractivity contribution in [2.75, 3.05) is 6.61 Å². The maximum absolute atomic E-state index is 10.7. The SMILES string of the molecule is CCOc1ccc(-n2c(C)nnc2SCc2ccc([N+](=O)[O-])cc2)cc1. The third-order valence-corrected chi connectivity index (χ3v) is 4.72. The molecule has 0 bridgehead atoms. The van der Waals surface area contributed by atoms with Gasteiger partial charge in [-0.2, -0.15) is 0 Å². The lowest BCUT2D eigenvalue weighted by molar-refractivity contribution is -0.384. The van der Waals surface area contributed by atoms with Crippen molar-refractivity contribution in [3.05, 3.63) is 70.0 Å². The Hall–Kier alpha value is -2.87. The number of aryl methyl sites for hydroxylation is 1. The van der Waals surface area contributed by atoms with E-state index in [1.807, 2.05) is 42.7 Å². The number of nitrogens with zero attached hydrogens (tertiary/aromatic N) is 4. The Morgan fingerprint density at radius 2 is 1.81 bits per heavy atom. The van der Waals surface area contributed by atoms with E-state index < -0.39 is 4.92 Å². The van der Waals surface area contributed by atoms with Crippen LogP contribution in [0.15, 0.2) is 53.7 Å². The lowest BCUT2D eigenvalue weighted by Crippen LogP contribution is -2.00. The second-order valence-electron chi connectivity index (χ2n) is 5.50. The molecule has 0 radical (unpaired) electrons. The Bertz CT molecular complexity index is 892. The lowest BCUT2D eigenvalue weighted by Gasteiger charge is -2.10. The number of nitro groups is 1. The summed E-state index contributed by atoms with van der Waals surface area (Å²) in [4.78, 5) is 10.3. The number of thioether (sulfide) groups is 1. The van der Waals surface area contributed by atoms with E-state index in [4.69, 9.17) is 4.74 Å². The van der Waals surface area contributed by atoms with E-state index in [9.17, 15) is 10.1 Å². The smallest absolute Gasteiger partial charge is 0.269 e. The zero-order chi connectivity index (χ0) is 18.5. The van der Waals surface area contributed by atoms with Crippen molar-refractivity contribution in [3.8, 4) is 11.4 Å². The first-order valence-corrected chi connectivity index (χ1v) is 9.08. The summed E-state index contributed by atoms with van der Waals surface area (Å²) < 4.78 is 7.45. The molecule has 0 atom stereocenters. The monoisotopic (exact) mass is 370 g/mol. The second-order valence-corrected chi connectivity index (χ2v) is 6.45. The van der Waals surface area contributed by atoms with Crippen LogP contribution in [-0.4, -0.2) is 26.3 Å². The number of benzene rings is 2. The van der Waals surface area contributed by atoms with Gasteiger partial charge in [0.15, 0.2) is 5.16 Å². The molecule has 0 N–H and O–H groups in total. The molecule has 8 heteroatoms. The van der Waals surface area contributed by atoms with Gasteiger partial charge in [0.2, 0.25) is 0 Å². The quantitative estimate of drug-likeness (QED) is 0.352. The highest BCUT2D eigenvalue weighted by Gasteiger charge is 2.12. The number of non-ortho nitro benzene ring substituents is 1. The second kappa shape index (κ2) is 8.01. The zero-order valence-electron chi connectivity index (χ0n) is 14.5. The highest BCUT2D eigenvalue weighted by Crippen LogP contribution is 2.26. The van der Waals surface area contributed by atoms with Gasteiger partial charge >= 0.3 is 0 Å². The summed E-state index contributed by atoms with van der Waals surface area (Å²) >= 11 is 1.53. The molecule has 0 aliphatic heterocycles. The summed E-state index contributed by atoms with van der Waals surface area (Å²) in [6, 6.07) is 14.3. The van der Waals surface area contributed by atoms with Crippen molar-refractivity contribution in [3.63, 3.8) is 0 Å². The maximum Gasteiger partial charge on any atom is 0.269 e. The first-order chi connectivity index (χ1) is 12.6. The molecule has 0 aliphatic rings. The predicted molar refractivity (Wildman–Crippen MR) is 99.9 cm³/mol. The van der Waals surface area contributed by atoms with Gasteiger partial charge in [-0.05, 0) is 43.7 Å². The van der Waals surface area contributed by atoms with Gasteiger partial charge in [-0.3, -0.25) is 14.7 Å². The van der Waals surface area contributed by atoms with Crippen molar-refractivity contribution in [2.24, 2.45) is 0 Å². The maximum atomic E-state index is 10.7. The fraction of sp³-hybridized carbons (Fsp3) is 0.222. The Labute approximate surface area is 155 Å². The fourth-order valence-electron chi connectivity index (χ4n) is 2.45. The predicted octanol–water partition coefficient (Wildman–Crippen LogP) is 4.17. The average Bonchev–Trinajstić information content (AvgIpc) is 3.02. The number of rotatable bonds is 7. The van der Waals surface area contributed by atoms with Gasteiger partial charge in [-0.15, -0.1) is 10.2 Å². The number of aromatic nitrogens is 3. The summed E-state index contributed by atoms with van der Waals surface area (Å²) in [5, 5.41) is 19.9. The van der Waals surface area contributed by atoms with Crippen molar-refractivity contribution in [1.29, 1.82) is 0 Å². The molecule has 134 valence electrons. The molecular weight excluding hydrogens is 352 g/mol. The van der Waals surface area contributed by atoms with Gasteiger partial charge in [0.1, 0.15) is 11.6 Å². The van der Waals surface area contributed by atoms with Crippen molar-refractivity contribution in [2.45, 2.75) is 24.8 Å². The summed E-state index contributed by atoms with van der Waals surface area (Å²) in [7, 11) is 0.